The van der Waals surface area contributed by atoms with Gasteiger partial charge in [0.05, 0.1) is 32.3 Å². The lowest BCUT2D eigenvalue weighted by Gasteiger charge is -2.41. The fraction of sp³-hybridized carbons (Fsp3) is 0.714. The molecule has 3 fully saturated rings. The van der Waals surface area contributed by atoms with E-state index in [1.165, 1.54) is 0 Å². The van der Waals surface area contributed by atoms with Crippen LogP contribution in [-0.4, -0.2) is 40.4 Å². The van der Waals surface area contributed by atoms with Crippen molar-refractivity contribution in [2.24, 2.45) is 11.8 Å². The first-order chi connectivity index (χ1) is 12.1. The zero-order valence-electron chi connectivity index (χ0n) is 12.3. The van der Waals surface area contributed by atoms with Gasteiger partial charge in [-0.1, -0.05) is 92.8 Å². The fourth-order valence-corrected chi connectivity index (χ4v) is 11.2. The number of hydrogen-bond donors (Lipinski definition) is 0. The third kappa shape index (κ3) is 1.70. The second-order valence-electron chi connectivity index (χ2n) is 7.28. The number of ether oxygens (including phenoxy) is 1. The lowest BCUT2D eigenvalue weighted by molar-refractivity contribution is 0.0144. The third-order valence-corrected chi connectivity index (χ3v) is 15.0. The molecule has 0 aromatic rings. The van der Waals surface area contributed by atoms with Crippen molar-refractivity contribution in [3.8, 4) is 0 Å². The molecule has 0 N–H and O–H groups in total. The van der Waals surface area contributed by atoms with Gasteiger partial charge in [-0.2, -0.15) is 0 Å². The Bertz CT molecular complexity index is 811. The largest absolute Gasteiger partial charge is 0.370 e. The number of allylic oxidation sites excluding steroid dienone is 2. The summed E-state index contributed by atoms with van der Waals surface area (Å²) >= 11 is 79.6. The van der Waals surface area contributed by atoms with Crippen LogP contribution >= 0.6 is 139 Å². The minimum Gasteiger partial charge on any atom is -0.370 e. The summed E-state index contributed by atoms with van der Waals surface area (Å²) in [7, 11) is 0. The lowest BCUT2D eigenvalue weighted by atomic mass is 9.74. The summed E-state index contributed by atoms with van der Waals surface area (Å²) in [6.07, 6.45) is -1.77. The second kappa shape index (κ2) is 5.52. The van der Waals surface area contributed by atoms with E-state index in [1.54, 1.807) is 0 Å². The molecule has 0 radical (unpaired) electrons. The predicted octanol–water partition coefficient (Wildman–Crippen LogP) is 7.68. The van der Waals surface area contributed by atoms with E-state index in [-0.39, 0.29) is 20.1 Å². The van der Waals surface area contributed by atoms with Gasteiger partial charge in [0.25, 0.3) is 0 Å². The molecule has 8 atom stereocenters. The summed E-state index contributed by atoms with van der Waals surface area (Å²) in [5.74, 6) is -1.50. The number of rotatable bonds is 0. The smallest absolute Gasteiger partial charge is 0.169 e. The number of hydrogen-bond acceptors (Lipinski definition) is 1. The van der Waals surface area contributed by atoms with E-state index >= 15 is 0 Å². The minimum atomic E-state index is -1.81. The van der Waals surface area contributed by atoms with Crippen molar-refractivity contribution in [2.45, 2.75) is 40.4 Å². The predicted molar refractivity (Wildman–Crippen MR) is 116 cm³/mol. The highest BCUT2D eigenvalue weighted by Gasteiger charge is 2.94. The summed E-state index contributed by atoms with van der Waals surface area (Å²) in [6.45, 7) is 0. The van der Waals surface area contributed by atoms with Crippen LogP contribution in [0.15, 0.2) is 20.1 Å². The first-order valence-electron chi connectivity index (χ1n) is 7.39. The van der Waals surface area contributed by atoms with Crippen LogP contribution < -0.4 is 0 Å². The summed E-state index contributed by atoms with van der Waals surface area (Å²) in [6, 6.07) is 0. The number of halogens is 12. The Balaban J connectivity index is 1.80. The maximum absolute atomic E-state index is 6.93. The van der Waals surface area contributed by atoms with Crippen molar-refractivity contribution in [2.75, 3.05) is 0 Å². The zero-order chi connectivity index (χ0) is 20.3. The molecule has 0 aromatic heterocycles. The van der Waals surface area contributed by atoms with Gasteiger partial charge in [0.15, 0.2) is 8.67 Å². The molecular formula is C14H4Cl12O. The first-order valence-corrected chi connectivity index (χ1v) is 11.9. The summed E-state index contributed by atoms with van der Waals surface area (Å²) < 4.78 is 2.57. The van der Waals surface area contributed by atoms with Gasteiger partial charge in [-0.3, -0.25) is 0 Å². The zero-order valence-corrected chi connectivity index (χ0v) is 21.3. The topological polar surface area (TPSA) is 9.23 Å². The molecule has 1 nitrogen and oxygen atoms in total. The molecular weight excluding hydrogens is 610 g/mol. The highest BCUT2D eigenvalue weighted by atomic mass is 35.5. The van der Waals surface area contributed by atoms with Crippen molar-refractivity contribution in [1.82, 2.24) is 0 Å². The van der Waals surface area contributed by atoms with Gasteiger partial charge in [-0.05, 0) is 0 Å². The average Bonchev–Trinajstić information content (AvgIpc) is 3.16. The van der Waals surface area contributed by atoms with Gasteiger partial charge >= 0.3 is 0 Å². The third-order valence-electron chi connectivity index (χ3n) is 6.53. The first kappa shape index (κ1) is 21.7. The number of fused-ring (bicyclic) bond motifs is 11. The Labute approximate surface area is 214 Å². The molecule has 0 aromatic carbocycles. The van der Waals surface area contributed by atoms with Crippen LogP contribution in [-0.2, 0) is 4.74 Å². The molecule has 0 spiro atoms. The SMILES string of the molecule is ClC1=C(Cl)[C@@]2(Cl)[C@H]3O[C@@H]4[C@H]([C@@H]3[C@@]1(Cl)C2(Cl)Cl)[C@@]1(Cl)C(Cl)=C(Cl)[C@@]4(Cl)C1(Cl)Cl. The van der Waals surface area contributed by atoms with Crippen molar-refractivity contribution in [1.29, 1.82) is 0 Å². The average molecular weight is 614 g/mol. The number of alkyl halides is 8. The van der Waals surface area contributed by atoms with Crippen LogP contribution in [0, 0.1) is 11.8 Å². The van der Waals surface area contributed by atoms with E-state index in [9.17, 15) is 0 Å². The summed E-state index contributed by atoms with van der Waals surface area (Å²) in [5.41, 5.74) is 0. The molecule has 4 aliphatic carbocycles. The normalized spacial score (nSPS) is 59.1. The molecule has 5 aliphatic rings. The Morgan fingerprint density at radius 3 is 1.04 bits per heavy atom. The van der Waals surface area contributed by atoms with E-state index in [0.717, 1.165) is 0 Å². The monoisotopic (exact) mass is 608 g/mol. The molecule has 1 saturated heterocycles. The van der Waals surface area contributed by atoms with Gasteiger partial charge in [0.1, 0.15) is 19.5 Å². The molecule has 1 aliphatic heterocycles. The van der Waals surface area contributed by atoms with Crippen LogP contribution in [0.25, 0.3) is 0 Å². The Hall–Kier alpha value is 2.92. The molecule has 150 valence electrons. The fourth-order valence-electron chi connectivity index (χ4n) is 5.34. The van der Waals surface area contributed by atoms with E-state index in [0.29, 0.717) is 0 Å². The quantitative estimate of drug-likeness (QED) is 0.255. The Kier molecular flexibility index (Phi) is 4.44. The van der Waals surface area contributed by atoms with E-state index in [2.05, 4.69) is 0 Å². The summed E-state index contributed by atoms with van der Waals surface area (Å²) in [5, 5.41) is 0.00695. The van der Waals surface area contributed by atoms with Crippen LogP contribution in [0.4, 0.5) is 0 Å². The van der Waals surface area contributed by atoms with Gasteiger partial charge in [0.2, 0.25) is 0 Å². The van der Waals surface area contributed by atoms with Crippen LogP contribution in [0.2, 0.25) is 0 Å². The summed E-state index contributed by atoms with van der Waals surface area (Å²) in [4.78, 5) is -6.53. The highest BCUT2D eigenvalue weighted by Crippen LogP contribution is 2.85. The van der Waals surface area contributed by atoms with Crippen molar-refractivity contribution >= 4 is 139 Å². The van der Waals surface area contributed by atoms with Gasteiger partial charge in [0, 0.05) is 11.8 Å². The maximum atomic E-state index is 6.93. The van der Waals surface area contributed by atoms with E-state index in [4.69, 9.17) is 144 Å². The van der Waals surface area contributed by atoms with Gasteiger partial charge in [-0.15, -0.1) is 46.4 Å². The maximum Gasteiger partial charge on any atom is 0.169 e. The molecule has 4 bridgehead atoms. The highest BCUT2D eigenvalue weighted by molar-refractivity contribution is 6.67. The van der Waals surface area contributed by atoms with Gasteiger partial charge in [-0.25, -0.2) is 0 Å². The van der Waals surface area contributed by atoms with E-state index in [1.807, 2.05) is 0 Å². The molecule has 0 amide bonds. The van der Waals surface area contributed by atoms with E-state index < -0.39 is 52.2 Å². The van der Waals surface area contributed by atoms with Crippen LogP contribution in [0.3, 0.4) is 0 Å². The lowest BCUT2D eigenvalue weighted by Crippen LogP contribution is -2.51. The van der Waals surface area contributed by atoms with Crippen molar-refractivity contribution in [3.63, 3.8) is 0 Å². The van der Waals surface area contributed by atoms with Crippen molar-refractivity contribution < 1.29 is 4.74 Å². The standard InChI is InChI=1S/C14H4Cl12O/c15-3-5(17)11(21)7-1(9(3,19)13(11,23)24)2-8(27-7)12(22)6(18)4(16)10(2,20)14(12,25)26/h1-2,7-8H/t1-,2-,7-,8+,9-,10+,11+,12-/m0/s1. The van der Waals surface area contributed by atoms with Crippen LogP contribution in [0.1, 0.15) is 0 Å². The second-order valence-corrected chi connectivity index (χ2v) is 13.8. The van der Waals surface area contributed by atoms with Crippen molar-refractivity contribution in [3.05, 3.63) is 20.1 Å². The molecule has 5 rings (SSSR count). The molecule has 27 heavy (non-hydrogen) atoms. The minimum absolute atomic E-state index is 0.000174. The molecule has 2 saturated carbocycles. The Morgan fingerprint density at radius 1 is 0.481 bits per heavy atom. The van der Waals surface area contributed by atoms with Crippen LogP contribution in [0.5, 0.6) is 0 Å². The molecule has 0 unspecified atom stereocenters. The molecule has 1 heterocycles. The molecule has 13 heteroatoms. The van der Waals surface area contributed by atoms with Gasteiger partial charge < -0.3 is 4.74 Å². The Morgan fingerprint density at radius 2 is 0.741 bits per heavy atom.